The molecule has 5 nitrogen and oxygen atoms in total. The first-order chi connectivity index (χ1) is 10.0. The minimum atomic E-state index is -3.61. The van der Waals surface area contributed by atoms with Crippen LogP contribution in [0.4, 0.5) is 0 Å². The SMILES string of the molecule is COCC(C)CNS(=O)(=O)c1ccccc1C#CCCO. The quantitative estimate of drug-likeness (QED) is 0.736. The summed E-state index contributed by atoms with van der Waals surface area (Å²) in [6.45, 7) is 2.64. The third-order valence-electron chi connectivity index (χ3n) is 2.71. The van der Waals surface area contributed by atoms with Gasteiger partial charge < -0.3 is 9.84 Å². The normalized spacial score (nSPS) is 12.5. The lowest BCUT2D eigenvalue weighted by Gasteiger charge is -2.12. The molecule has 6 heteroatoms. The highest BCUT2D eigenvalue weighted by Gasteiger charge is 2.18. The maximum Gasteiger partial charge on any atom is 0.241 e. The minimum absolute atomic E-state index is 0.0469. The van der Waals surface area contributed by atoms with Crippen LogP contribution < -0.4 is 4.72 Å². The summed E-state index contributed by atoms with van der Waals surface area (Å²) >= 11 is 0. The van der Waals surface area contributed by atoms with Crippen molar-refractivity contribution in [2.75, 3.05) is 26.9 Å². The van der Waals surface area contributed by atoms with Gasteiger partial charge in [0.2, 0.25) is 10.0 Å². The van der Waals surface area contributed by atoms with E-state index < -0.39 is 10.0 Å². The van der Waals surface area contributed by atoms with Crippen LogP contribution in [0, 0.1) is 17.8 Å². The molecule has 0 aromatic heterocycles. The minimum Gasteiger partial charge on any atom is -0.395 e. The fraction of sp³-hybridized carbons (Fsp3) is 0.467. The summed E-state index contributed by atoms with van der Waals surface area (Å²) in [6.07, 6.45) is 0.312. The Labute approximate surface area is 126 Å². The van der Waals surface area contributed by atoms with Crippen LogP contribution >= 0.6 is 0 Å². The van der Waals surface area contributed by atoms with Crippen LogP contribution in [0.15, 0.2) is 29.2 Å². The van der Waals surface area contributed by atoms with Gasteiger partial charge in [0, 0.05) is 32.2 Å². The number of hydrogen-bond donors (Lipinski definition) is 2. The molecule has 0 aliphatic heterocycles. The van der Waals surface area contributed by atoms with Gasteiger partial charge in [0.25, 0.3) is 0 Å². The zero-order valence-electron chi connectivity index (χ0n) is 12.3. The molecule has 21 heavy (non-hydrogen) atoms. The predicted octanol–water partition coefficient (Wildman–Crippen LogP) is 0.981. The maximum absolute atomic E-state index is 12.3. The molecule has 1 aromatic carbocycles. The molecule has 0 aliphatic carbocycles. The van der Waals surface area contributed by atoms with Gasteiger partial charge in [-0.15, -0.1) is 0 Å². The van der Waals surface area contributed by atoms with E-state index in [1.807, 2.05) is 6.92 Å². The van der Waals surface area contributed by atoms with E-state index >= 15 is 0 Å². The highest BCUT2D eigenvalue weighted by atomic mass is 32.2. The number of sulfonamides is 1. The van der Waals surface area contributed by atoms with Crippen LogP contribution in [0.25, 0.3) is 0 Å². The van der Waals surface area contributed by atoms with Crippen molar-refractivity contribution in [3.05, 3.63) is 29.8 Å². The Bertz CT molecular complexity index is 602. The van der Waals surface area contributed by atoms with Crippen LogP contribution in [0.5, 0.6) is 0 Å². The van der Waals surface area contributed by atoms with Gasteiger partial charge in [0.1, 0.15) is 0 Å². The summed E-state index contributed by atoms with van der Waals surface area (Å²) in [6, 6.07) is 6.56. The summed E-state index contributed by atoms with van der Waals surface area (Å²) in [5, 5.41) is 8.72. The Morgan fingerprint density at radius 3 is 2.76 bits per heavy atom. The van der Waals surface area contributed by atoms with Crippen molar-refractivity contribution in [1.29, 1.82) is 0 Å². The van der Waals surface area contributed by atoms with Crippen molar-refractivity contribution in [2.24, 2.45) is 5.92 Å². The first-order valence-electron chi connectivity index (χ1n) is 6.68. The molecule has 1 unspecified atom stereocenters. The van der Waals surface area contributed by atoms with Crippen molar-refractivity contribution in [1.82, 2.24) is 4.72 Å². The van der Waals surface area contributed by atoms with E-state index in [1.54, 1.807) is 25.3 Å². The van der Waals surface area contributed by atoms with E-state index in [4.69, 9.17) is 9.84 Å². The van der Waals surface area contributed by atoms with E-state index in [0.29, 0.717) is 25.1 Å². The van der Waals surface area contributed by atoms with Gasteiger partial charge in [-0.3, -0.25) is 0 Å². The molecule has 2 N–H and O–H groups in total. The molecule has 1 atom stereocenters. The molecule has 1 rings (SSSR count). The van der Waals surface area contributed by atoms with Crippen LogP contribution in [0.2, 0.25) is 0 Å². The second kappa shape index (κ2) is 8.80. The van der Waals surface area contributed by atoms with Gasteiger partial charge in [-0.05, 0) is 18.1 Å². The molecular weight excluding hydrogens is 290 g/mol. The predicted molar refractivity (Wildman–Crippen MR) is 81.3 cm³/mol. The molecule has 1 aromatic rings. The van der Waals surface area contributed by atoms with Crippen LogP contribution in [-0.2, 0) is 14.8 Å². The van der Waals surface area contributed by atoms with Crippen molar-refractivity contribution >= 4 is 10.0 Å². The van der Waals surface area contributed by atoms with Crippen molar-refractivity contribution in [2.45, 2.75) is 18.2 Å². The smallest absolute Gasteiger partial charge is 0.241 e. The summed E-state index contributed by atoms with van der Waals surface area (Å²) in [5.41, 5.74) is 0.429. The number of aliphatic hydroxyl groups is 1. The Kier molecular flexibility index (Phi) is 7.40. The van der Waals surface area contributed by atoms with Gasteiger partial charge in [0.15, 0.2) is 0 Å². The van der Waals surface area contributed by atoms with Crippen LogP contribution in [-0.4, -0.2) is 40.4 Å². The molecule has 0 heterocycles. The molecule has 0 bridgehead atoms. The highest BCUT2D eigenvalue weighted by Crippen LogP contribution is 2.14. The number of methoxy groups -OCH3 is 1. The van der Waals surface area contributed by atoms with Gasteiger partial charge in [-0.2, -0.15) is 0 Å². The lowest BCUT2D eigenvalue weighted by Crippen LogP contribution is -2.30. The van der Waals surface area contributed by atoms with E-state index in [1.165, 1.54) is 6.07 Å². The van der Waals surface area contributed by atoms with Crippen molar-refractivity contribution in [3.63, 3.8) is 0 Å². The van der Waals surface area contributed by atoms with Crippen molar-refractivity contribution in [3.8, 4) is 11.8 Å². The average Bonchev–Trinajstić information content (AvgIpc) is 2.46. The number of hydrogen-bond acceptors (Lipinski definition) is 4. The fourth-order valence-corrected chi connectivity index (χ4v) is 3.02. The summed E-state index contributed by atoms with van der Waals surface area (Å²) < 4.78 is 32.2. The van der Waals surface area contributed by atoms with Crippen LogP contribution in [0.1, 0.15) is 18.9 Å². The standard InChI is InChI=1S/C15H21NO4S/c1-13(12-20-2)11-16-21(18,19)15-9-4-3-7-14(15)8-5-6-10-17/h3-4,7,9,13,16-17H,6,10-12H2,1-2H3. The zero-order valence-corrected chi connectivity index (χ0v) is 13.1. The fourth-order valence-electron chi connectivity index (χ4n) is 1.69. The van der Waals surface area contributed by atoms with Gasteiger partial charge in [0.05, 0.1) is 11.5 Å². The second-order valence-electron chi connectivity index (χ2n) is 4.68. The van der Waals surface area contributed by atoms with Gasteiger partial charge in [-0.1, -0.05) is 30.9 Å². The first-order valence-corrected chi connectivity index (χ1v) is 8.17. The summed E-state index contributed by atoms with van der Waals surface area (Å²) in [5.74, 6) is 5.60. The lowest BCUT2D eigenvalue weighted by atomic mass is 10.2. The molecule has 0 fully saturated rings. The largest absolute Gasteiger partial charge is 0.395 e. The molecule has 116 valence electrons. The summed E-state index contributed by atoms with van der Waals surface area (Å²) in [7, 11) is -2.03. The zero-order chi connectivity index (χ0) is 15.7. The lowest BCUT2D eigenvalue weighted by molar-refractivity contribution is 0.161. The second-order valence-corrected chi connectivity index (χ2v) is 6.42. The number of ether oxygens (including phenoxy) is 1. The number of rotatable bonds is 7. The molecule has 0 radical (unpaired) electrons. The Morgan fingerprint density at radius 1 is 1.38 bits per heavy atom. The van der Waals surface area contributed by atoms with Gasteiger partial charge >= 0.3 is 0 Å². The number of benzene rings is 1. The first kappa shape index (κ1) is 17.7. The molecular formula is C15H21NO4S. The molecule has 0 aliphatic rings. The average molecular weight is 311 g/mol. The third kappa shape index (κ3) is 5.86. The maximum atomic E-state index is 12.3. The molecule has 0 amide bonds. The molecule has 0 saturated heterocycles. The van der Waals surface area contributed by atoms with E-state index in [-0.39, 0.29) is 17.4 Å². The van der Waals surface area contributed by atoms with E-state index in [9.17, 15) is 8.42 Å². The topological polar surface area (TPSA) is 75.6 Å². The van der Waals surface area contributed by atoms with Crippen LogP contribution in [0.3, 0.4) is 0 Å². The number of nitrogens with one attached hydrogen (secondary N) is 1. The third-order valence-corrected chi connectivity index (χ3v) is 4.19. The van der Waals surface area contributed by atoms with E-state index in [0.717, 1.165) is 0 Å². The Balaban J connectivity index is 2.91. The molecule has 0 saturated carbocycles. The highest BCUT2D eigenvalue weighted by molar-refractivity contribution is 7.89. The van der Waals surface area contributed by atoms with E-state index in [2.05, 4.69) is 16.6 Å². The van der Waals surface area contributed by atoms with Crippen molar-refractivity contribution < 1.29 is 18.3 Å². The monoisotopic (exact) mass is 311 g/mol. The summed E-state index contributed by atoms with van der Waals surface area (Å²) in [4.78, 5) is 0.153. The Morgan fingerprint density at radius 2 is 2.10 bits per heavy atom. The Hall–Kier alpha value is -1.39. The van der Waals surface area contributed by atoms with Gasteiger partial charge in [-0.25, -0.2) is 13.1 Å². The molecule has 0 spiro atoms. The number of aliphatic hydroxyl groups excluding tert-OH is 1.